The van der Waals surface area contributed by atoms with Crippen molar-refractivity contribution in [3.8, 4) is 12.3 Å². The number of nitrogens with two attached hydrogens (primary N) is 1. The number of anilines is 1. The van der Waals surface area contributed by atoms with Crippen LogP contribution in [-0.2, 0) is 0 Å². The Bertz CT molecular complexity index is 337. The molecule has 0 aliphatic rings. The smallest absolute Gasteiger partial charge is 0.0789 e. The second-order valence-electron chi connectivity index (χ2n) is 3.52. The van der Waals surface area contributed by atoms with Crippen molar-refractivity contribution in [2.75, 3.05) is 18.5 Å². The molecule has 1 aromatic heterocycles. The Labute approximate surface area is 91.3 Å². The molecule has 0 aliphatic heterocycles. The molecular weight excluding hydrogens is 186 g/mol. The minimum absolute atomic E-state index is 0.0250. The predicted octanol–water partition coefficient (Wildman–Crippen LogP) is 1.56. The summed E-state index contributed by atoms with van der Waals surface area (Å²) in [5.41, 5.74) is 7.81. The molecular formula is C12H17N3. The van der Waals surface area contributed by atoms with Gasteiger partial charge in [0.15, 0.2) is 0 Å². The lowest BCUT2D eigenvalue weighted by atomic mass is 10.1. The molecule has 1 heterocycles. The van der Waals surface area contributed by atoms with E-state index in [0.717, 1.165) is 17.8 Å². The molecule has 1 atom stereocenters. The van der Waals surface area contributed by atoms with Gasteiger partial charge in [-0.3, -0.25) is 4.98 Å². The summed E-state index contributed by atoms with van der Waals surface area (Å²) in [4.78, 5) is 6.28. The number of rotatable bonds is 4. The third-order valence-electron chi connectivity index (χ3n) is 2.36. The molecule has 0 spiro atoms. The van der Waals surface area contributed by atoms with Crippen LogP contribution >= 0.6 is 0 Å². The summed E-state index contributed by atoms with van der Waals surface area (Å²) in [6.07, 6.45) is 7.94. The van der Waals surface area contributed by atoms with Crippen molar-refractivity contribution in [2.45, 2.75) is 19.4 Å². The molecule has 80 valence electrons. The quantitative estimate of drug-likeness (QED) is 0.755. The Morgan fingerprint density at radius 1 is 1.60 bits per heavy atom. The standard InChI is InChI=1S/C12H17N3/c1-4-8-15(3)10-6-7-12(14-9-10)11(13)5-2/h1,6-7,9,11H,5,8,13H2,2-3H3/t11-/m1/s1. The maximum absolute atomic E-state index is 5.87. The van der Waals surface area contributed by atoms with Gasteiger partial charge in [-0.15, -0.1) is 6.42 Å². The average molecular weight is 203 g/mol. The van der Waals surface area contributed by atoms with Crippen LogP contribution in [0.25, 0.3) is 0 Å². The molecule has 0 unspecified atom stereocenters. The van der Waals surface area contributed by atoms with Crippen LogP contribution in [0.15, 0.2) is 18.3 Å². The summed E-state index contributed by atoms with van der Waals surface area (Å²) in [5, 5.41) is 0. The van der Waals surface area contributed by atoms with Gasteiger partial charge in [0.25, 0.3) is 0 Å². The maximum atomic E-state index is 5.87. The monoisotopic (exact) mass is 203 g/mol. The van der Waals surface area contributed by atoms with E-state index in [2.05, 4.69) is 10.9 Å². The molecule has 0 saturated heterocycles. The van der Waals surface area contributed by atoms with E-state index < -0.39 is 0 Å². The molecule has 15 heavy (non-hydrogen) atoms. The van der Waals surface area contributed by atoms with Crippen LogP contribution in [0.5, 0.6) is 0 Å². The molecule has 0 aliphatic carbocycles. The van der Waals surface area contributed by atoms with Crippen molar-refractivity contribution in [2.24, 2.45) is 5.73 Å². The predicted molar refractivity (Wildman–Crippen MR) is 63.6 cm³/mol. The average Bonchev–Trinajstić information content (AvgIpc) is 2.28. The summed E-state index contributed by atoms with van der Waals surface area (Å²) in [7, 11) is 1.94. The zero-order chi connectivity index (χ0) is 11.3. The molecule has 0 aromatic carbocycles. The highest BCUT2D eigenvalue weighted by molar-refractivity contribution is 5.45. The summed E-state index contributed by atoms with van der Waals surface area (Å²) >= 11 is 0. The van der Waals surface area contributed by atoms with E-state index in [4.69, 9.17) is 12.2 Å². The molecule has 0 radical (unpaired) electrons. The molecule has 0 bridgehead atoms. The number of hydrogen-bond acceptors (Lipinski definition) is 3. The number of aromatic nitrogens is 1. The summed E-state index contributed by atoms with van der Waals surface area (Å²) in [6, 6.07) is 3.98. The van der Waals surface area contributed by atoms with Gasteiger partial charge in [0.1, 0.15) is 0 Å². The second-order valence-corrected chi connectivity index (χ2v) is 3.52. The van der Waals surface area contributed by atoms with E-state index in [1.54, 1.807) is 0 Å². The molecule has 1 rings (SSSR count). The van der Waals surface area contributed by atoms with Crippen molar-refractivity contribution >= 4 is 5.69 Å². The van der Waals surface area contributed by atoms with Crippen LogP contribution in [0.1, 0.15) is 25.1 Å². The summed E-state index contributed by atoms with van der Waals surface area (Å²) < 4.78 is 0. The molecule has 0 amide bonds. The van der Waals surface area contributed by atoms with Crippen LogP contribution in [-0.4, -0.2) is 18.6 Å². The molecule has 1 aromatic rings. The highest BCUT2D eigenvalue weighted by Crippen LogP contribution is 2.15. The molecule has 3 heteroatoms. The molecule has 0 saturated carbocycles. The highest BCUT2D eigenvalue weighted by Gasteiger charge is 2.05. The maximum Gasteiger partial charge on any atom is 0.0789 e. The fraction of sp³-hybridized carbons (Fsp3) is 0.417. The first-order valence-electron chi connectivity index (χ1n) is 5.05. The lowest BCUT2D eigenvalue weighted by molar-refractivity contribution is 0.675. The van der Waals surface area contributed by atoms with Crippen molar-refractivity contribution in [3.63, 3.8) is 0 Å². The summed E-state index contributed by atoms with van der Waals surface area (Å²) in [6.45, 7) is 2.63. The van der Waals surface area contributed by atoms with Crippen LogP contribution in [0, 0.1) is 12.3 Å². The van der Waals surface area contributed by atoms with E-state index in [9.17, 15) is 0 Å². The van der Waals surface area contributed by atoms with Crippen molar-refractivity contribution in [3.05, 3.63) is 24.0 Å². The van der Waals surface area contributed by atoms with Gasteiger partial charge in [-0.25, -0.2) is 0 Å². The first-order chi connectivity index (χ1) is 7.19. The lowest BCUT2D eigenvalue weighted by Gasteiger charge is -2.16. The van der Waals surface area contributed by atoms with Gasteiger partial charge in [-0.2, -0.15) is 0 Å². The van der Waals surface area contributed by atoms with Gasteiger partial charge in [0, 0.05) is 13.1 Å². The number of hydrogen-bond donors (Lipinski definition) is 1. The Kier molecular flexibility index (Phi) is 4.14. The van der Waals surface area contributed by atoms with Gasteiger partial charge in [0.2, 0.25) is 0 Å². The third kappa shape index (κ3) is 2.97. The van der Waals surface area contributed by atoms with Gasteiger partial charge >= 0.3 is 0 Å². The SMILES string of the molecule is C#CCN(C)c1ccc([C@H](N)CC)nc1. The normalized spacial score (nSPS) is 11.9. The van der Waals surface area contributed by atoms with E-state index in [1.807, 2.05) is 37.2 Å². The Morgan fingerprint density at radius 3 is 2.80 bits per heavy atom. The van der Waals surface area contributed by atoms with Crippen molar-refractivity contribution < 1.29 is 0 Å². The number of nitrogens with zero attached hydrogens (tertiary/aromatic N) is 2. The Hall–Kier alpha value is -1.53. The highest BCUT2D eigenvalue weighted by atomic mass is 15.1. The van der Waals surface area contributed by atoms with Gasteiger partial charge in [-0.05, 0) is 18.6 Å². The van der Waals surface area contributed by atoms with Crippen LogP contribution in [0.3, 0.4) is 0 Å². The molecule has 2 N–H and O–H groups in total. The van der Waals surface area contributed by atoms with E-state index in [0.29, 0.717) is 6.54 Å². The van der Waals surface area contributed by atoms with Crippen LogP contribution in [0.4, 0.5) is 5.69 Å². The first-order valence-corrected chi connectivity index (χ1v) is 5.05. The second kappa shape index (κ2) is 5.38. The van der Waals surface area contributed by atoms with E-state index in [-0.39, 0.29) is 6.04 Å². The Balaban J connectivity index is 2.77. The zero-order valence-corrected chi connectivity index (χ0v) is 9.27. The topological polar surface area (TPSA) is 42.1 Å². The largest absolute Gasteiger partial charge is 0.362 e. The van der Waals surface area contributed by atoms with Crippen LogP contribution in [0.2, 0.25) is 0 Å². The Morgan fingerprint density at radius 2 is 2.33 bits per heavy atom. The van der Waals surface area contributed by atoms with Gasteiger partial charge in [-0.1, -0.05) is 12.8 Å². The summed E-state index contributed by atoms with van der Waals surface area (Å²) in [5.74, 6) is 2.59. The lowest BCUT2D eigenvalue weighted by Crippen LogP contribution is -2.18. The van der Waals surface area contributed by atoms with E-state index >= 15 is 0 Å². The molecule has 0 fully saturated rings. The van der Waals surface area contributed by atoms with Crippen LogP contribution < -0.4 is 10.6 Å². The van der Waals surface area contributed by atoms with Gasteiger partial charge < -0.3 is 10.6 Å². The zero-order valence-electron chi connectivity index (χ0n) is 9.27. The fourth-order valence-corrected chi connectivity index (χ4v) is 1.28. The molecule has 3 nitrogen and oxygen atoms in total. The van der Waals surface area contributed by atoms with E-state index in [1.165, 1.54) is 0 Å². The minimum Gasteiger partial charge on any atom is -0.362 e. The first kappa shape index (κ1) is 11.5. The minimum atomic E-state index is 0.0250. The number of terminal acetylenes is 1. The van der Waals surface area contributed by atoms with Gasteiger partial charge in [0.05, 0.1) is 24.1 Å². The third-order valence-corrected chi connectivity index (χ3v) is 2.36. The van der Waals surface area contributed by atoms with Crippen molar-refractivity contribution in [1.82, 2.24) is 4.98 Å². The fourth-order valence-electron chi connectivity index (χ4n) is 1.28. The number of pyridine rings is 1. The van der Waals surface area contributed by atoms with Crippen molar-refractivity contribution in [1.29, 1.82) is 0 Å².